The summed E-state index contributed by atoms with van der Waals surface area (Å²) in [5, 5.41) is 2.58. The van der Waals surface area contributed by atoms with Crippen LogP contribution in [0.15, 0.2) is 41.6 Å². The topological polar surface area (TPSA) is 89.0 Å². The van der Waals surface area contributed by atoms with Crippen molar-refractivity contribution >= 4 is 21.7 Å². The number of carbonyl (C=O) groups excluding carboxylic acids is 1. The van der Waals surface area contributed by atoms with E-state index >= 15 is 0 Å². The summed E-state index contributed by atoms with van der Waals surface area (Å²) in [7, 11) is -3.20. The highest BCUT2D eigenvalue weighted by Gasteiger charge is 2.24. The fourth-order valence-electron chi connectivity index (χ4n) is 2.32. The van der Waals surface area contributed by atoms with Gasteiger partial charge in [-0.15, -0.1) is 0 Å². The zero-order valence-electron chi connectivity index (χ0n) is 11.1. The Morgan fingerprint density at radius 3 is 2.71 bits per heavy atom. The Balaban J connectivity index is 1.89. The van der Waals surface area contributed by atoms with Crippen LogP contribution in [0.25, 0.3) is 0 Å². The van der Waals surface area contributed by atoms with E-state index in [0.717, 1.165) is 0 Å². The van der Waals surface area contributed by atoms with Crippen molar-refractivity contribution in [3.05, 3.63) is 47.8 Å². The monoisotopic (exact) mass is 303 g/mol. The molecule has 6 nitrogen and oxygen atoms in total. The lowest BCUT2D eigenvalue weighted by atomic mass is 10.1. The summed E-state index contributed by atoms with van der Waals surface area (Å²) in [5.41, 5.74) is 1.10. The number of nitrogens with one attached hydrogen (secondary N) is 1. The SMILES string of the molecule is O=C(Nc1ncccn1)c1ccc2c(c1)CCCS2(=O)=O. The molecule has 2 heterocycles. The van der Waals surface area contributed by atoms with Gasteiger partial charge in [-0.2, -0.15) is 0 Å². The standard InChI is InChI=1S/C14H13N3O3S/c18-13(17-14-15-6-2-7-16-14)11-4-5-12-10(9-11)3-1-8-21(12,19)20/h2,4-7,9H,1,3,8H2,(H,15,16,17,18). The van der Waals surface area contributed by atoms with Gasteiger partial charge in [0.2, 0.25) is 5.95 Å². The molecule has 7 heteroatoms. The van der Waals surface area contributed by atoms with Crippen LogP contribution in [0.3, 0.4) is 0 Å². The molecule has 1 amide bonds. The summed E-state index contributed by atoms with van der Waals surface area (Å²) in [5.74, 6) is 0.0310. The molecule has 0 saturated carbocycles. The van der Waals surface area contributed by atoms with Gasteiger partial charge in [0.25, 0.3) is 5.91 Å². The predicted molar refractivity (Wildman–Crippen MR) is 76.8 cm³/mol. The minimum atomic E-state index is -3.20. The maximum atomic E-state index is 12.1. The van der Waals surface area contributed by atoms with Gasteiger partial charge in [0.05, 0.1) is 10.6 Å². The maximum Gasteiger partial charge on any atom is 0.258 e. The van der Waals surface area contributed by atoms with E-state index in [1.165, 1.54) is 24.5 Å². The van der Waals surface area contributed by atoms with E-state index in [9.17, 15) is 13.2 Å². The minimum absolute atomic E-state index is 0.170. The summed E-state index contributed by atoms with van der Waals surface area (Å²) in [6.45, 7) is 0. The Morgan fingerprint density at radius 2 is 1.95 bits per heavy atom. The van der Waals surface area contributed by atoms with Crippen LogP contribution >= 0.6 is 0 Å². The van der Waals surface area contributed by atoms with Crippen molar-refractivity contribution in [3.8, 4) is 0 Å². The molecule has 1 aromatic heterocycles. The molecule has 0 atom stereocenters. The lowest BCUT2D eigenvalue weighted by Gasteiger charge is -2.16. The zero-order chi connectivity index (χ0) is 14.9. The Morgan fingerprint density at radius 1 is 1.19 bits per heavy atom. The maximum absolute atomic E-state index is 12.1. The normalized spacial score (nSPS) is 16.0. The quantitative estimate of drug-likeness (QED) is 0.907. The Kier molecular flexibility index (Phi) is 3.42. The molecule has 108 valence electrons. The van der Waals surface area contributed by atoms with Crippen LogP contribution in [0.2, 0.25) is 0 Å². The van der Waals surface area contributed by atoms with Gasteiger partial charge in [0, 0.05) is 18.0 Å². The van der Waals surface area contributed by atoms with E-state index < -0.39 is 9.84 Å². The molecular formula is C14H13N3O3S. The fraction of sp³-hybridized carbons (Fsp3) is 0.214. The predicted octanol–water partition coefficient (Wildman–Crippen LogP) is 1.45. The summed E-state index contributed by atoms with van der Waals surface area (Å²) in [6, 6.07) is 6.30. The van der Waals surface area contributed by atoms with Crippen LogP contribution in [0.4, 0.5) is 5.95 Å². The Hall–Kier alpha value is -2.28. The van der Waals surface area contributed by atoms with E-state index in [4.69, 9.17) is 0 Å². The zero-order valence-corrected chi connectivity index (χ0v) is 11.9. The van der Waals surface area contributed by atoms with Gasteiger partial charge in [0.1, 0.15) is 0 Å². The van der Waals surface area contributed by atoms with E-state index in [1.807, 2.05) is 0 Å². The second kappa shape index (κ2) is 5.25. The van der Waals surface area contributed by atoms with Crippen molar-refractivity contribution in [3.63, 3.8) is 0 Å². The van der Waals surface area contributed by atoms with Gasteiger partial charge in [-0.25, -0.2) is 18.4 Å². The lowest BCUT2D eigenvalue weighted by molar-refractivity contribution is 0.102. The molecular weight excluding hydrogens is 290 g/mol. The molecule has 0 bridgehead atoms. The van der Waals surface area contributed by atoms with Gasteiger partial charge < -0.3 is 0 Å². The summed E-state index contributed by atoms with van der Waals surface area (Å²) < 4.78 is 23.8. The van der Waals surface area contributed by atoms with Gasteiger partial charge in [-0.1, -0.05) is 0 Å². The number of anilines is 1. The number of hydrogen-bond acceptors (Lipinski definition) is 5. The molecule has 1 N–H and O–H groups in total. The van der Waals surface area contributed by atoms with E-state index in [-0.39, 0.29) is 17.6 Å². The van der Waals surface area contributed by atoms with Crippen LogP contribution in [0.1, 0.15) is 22.3 Å². The lowest BCUT2D eigenvalue weighted by Crippen LogP contribution is -2.18. The first kappa shape index (κ1) is 13.7. The molecule has 1 aliphatic rings. The number of nitrogens with zero attached hydrogens (tertiary/aromatic N) is 2. The molecule has 0 aliphatic carbocycles. The number of carbonyl (C=O) groups is 1. The number of hydrogen-bond donors (Lipinski definition) is 1. The molecule has 0 unspecified atom stereocenters. The van der Waals surface area contributed by atoms with E-state index in [1.54, 1.807) is 12.1 Å². The summed E-state index contributed by atoms with van der Waals surface area (Å²) >= 11 is 0. The third-order valence-electron chi connectivity index (χ3n) is 3.31. The highest BCUT2D eigenvalue weighted by molar-refractivity contribution is 7.91. The van der Waals surface area contributed by atoms with Crippen molar-refractivity contribution in [2.45, 2.75) is 17.7 Å². The summed E-state index contributed by atoms with van der Waals surface area (Å²) in [6.07, 6.45) is 4.31. The average molecular weight is 303 g/mol. The van der Waals surface area contributed by atoms with Crippen LogP contribution in [0.5, 0.6) is 0 Å². The van der Waals surface area contributed by atoms with Gasteiger partial charge in [-0.3, -0.25) is 10.1 Å². The van der Waals surface area contributed by atoms with Crippen molar-refractivity contribution < 1.29 is 13.2 Å². The second-order valence-corrected chi connectivity index (χ2v) is 6.85. The molecule has 0 saturated heterocycles. The number of fused-ring (bicyclic) bond motifs is 1. The smallest absolute Gasteiger partial charge is 0.258 e. The second-order valence-electron chi connectivity index (χ2n) is 4.77. The molecule has 0 radical (unpaired) electrons. The van der Waals surface area contributed by atoms with Crippen molar-refractivity contribution in [1.82, 2.24) is 9.97 Å². The van der Waals surface area contributed by atoms with Crippen molar-refractivity contribution in [2.75, 3.05) is 11.1 Å². The number of amides is 1. The number of aromatic nitrogens is 2. The fourth-order valence-corrected chi connectivity index (χ4v) is 3.90. The highest BCUT2D eigenvalue weighted by Crippen LogP contribution is 2.26. The average Bonchev–Trinajstić information content (AvgIpc) is 2.47. The first-order valence-electron chi connectivity index (χ1n) is 6.50. The summed E-state index contributed by atoms with van der Waals surface area (Å²) in [4.78, 5) is 20.3. The Labute approximate surface area is 122 Å². The van der Waals surface area contributed by atoms with E-state index in [2.05, 4.69) is 15.3 Å². The third-order valence-corrected chi connectivity index (χ3v) is 5.20. The highest BCUT2D eigenvalue weighted by atomic mass is 32.2. The molecule has 2 aromatic rings. The van der Waals surface area contributed by atoms with Gasteiger partial charge >= 0.3 is 0 Å². The van der Waals surface area contributed by atoms with Crippen molar-refractivity contribution in [1.29, 1.82) is 0 Å². The molecule has 3 rings (SSSR count). The van der Waals surface area contributed by atoms with Crippen LogP contribution in [0, 0.1) is 0 Å². The molecule has 0 fully saturated rings. The van der Waals surface area contributed by atoms with Crippen LogP contribution in [-0.2, 0) is 16.3 Å². The number of benzene rings is 1. The molecule has 0 spiro atoms. The number of rotatable bonds is 2. The number of sulfone groups is 1. The van der Waals surface area contributed by atoms with Gasteiger partial charge in [-0.05, 0) is 42.7 Å². The number of aryl methyl sites for hydroxylation is 1. The molecule has 21 heavy (non-hydrogen) atoms. The molecule has 1 aliphatic heterocycles. The third kappa shape index (κ3) is 2.78. The largest absolute Gasteiger partial charge is 0.290 e. The van der Waals surface area contributed by atoms with Crippen molar-refractivity contribution in [2.24, 2.45) is 0 Å². The first-order valence-corrected chi connectivity index (χ1v) is 8.15. The van der Waals surface area contributed by atoms with Crippen LogP contribution in [-0.4, -0.2) is 30.0 Å². The Bertz CT molecular complexity index is 788. The van der Waals surface area contributed by atoms with E-state index in [0.29, 0.717) is 28.9 Å². The minimum Gasteiger partial charge on any atom is -0.290 e. The van der Waals surface area contributed by atoms with Gasteiger partial charge in [0.15, 0.2) is 9.84 Å². The first-order chi connectivity index (χ1) is 10.1. The van der Waals surface area contributed by atoms with Crippen LogP contribution < -0.4 is 5.32 Å². The molecule has 1 aromatic carbocycles.